The highest BCUT2D eigenvalue weighted by molar-refractivity contribution is 5.94. The lowest BCUT2D eigenvalue weighted by atomic mass is 10.0. The average Bonchev–Trinajstić information content (AvgIpc) is 2.55. The van der Waals surface area contributed by atoms with E-state index < -0.39 is 0 Å². The van der Waals surface area contributed by atoms with Crippen molar-refractivity contribution >= 4 is 10.8 Å². The van der Waals surface area contributed by atoms with Crippen molar-refractivity contribution in [1.82, 2.24) is 4.98 Å². The van der Waals surface area contributed by atoms with Gasteiger partial charge in [-0.15, -0.1) is 0 Å². The molecule has 0 unspecified atom stereocenters. The van der Waals surface area contributed by atoms with Crippen LogP contribution in [0.1, 0.15) is 5.56 Å². The number of aromatic nitrogens is 1. The quantitative estimate of drug-likeness (QED) is 0.595. The average molecular weight is 271 g/mol. The third-order valence-corrected chi connectivity index (χ3v) is 3.50. The van der Waals surface area contributed by atoms with E-state index in [0.717, 1.165) is 17.7 Å². The smallest absolute Gasteiger partial charge is 0.0780 e. The van der Waals surface area contributed by atoms with Crippen LogP contribution in [0.15, 0.2) is 85.6 Å². The molecule has 0 spiro atoms. The van der Waals surface area contributed by atoms with Gasteiger partial charge in [0.05, 0.1) is 5.69 Å². The van der Waals surface area contributed by atoms with Crippen LogP contribution in [-0.4, -0.2) is 4.98 Å². The summed E-state index contributed by atoms with van der Waals surface area (Å²) in [6.07, 6.45) is 8.71. The number of fused-ring (bicyclic) bond motifs is 1. The standard InChI is InChI=1S/C20H17N/c1-2-3-5-8-16-11-12-19-18(15-16)13-14-21-20(19)17-9-6-4-7-10-17/h2-7,9-15H,1,8H2/b5-3-. The highest BCUT2D eigenvalue weighted by Gasteiger charge is 2.05. The Morgan fingerprint density at radius 3 is 2.67 bits per heavy atom. The molecule has 0 aliphatic heterocycles. The van der Waals surface area contributed by atoms with Crippen molar-refractivity contribution in [2.75, 3.05) is 0 Å². The minimum atomic E-state index is 0.922. The molecule has 0 aliphatic carbocycles. The van der Waals surface area contributed by atoms with E-state index in [0.29, 0.717) is 0 Å². The molecular formula is C20H17N. The van der Waals surface area contributed by atoms with Crippen molar-refractivity contribution in [1.29, 1.82) is 0 Å². The molecule has 0 saturated carbocycles. The monoisotopic (exact) mass is 271 g/mol. The Morgan fingerprint density at radius 2 is 1.86 bits per heavy atom. The third kappa shape index (κ3) is 2.92. The minimum Gasteiger partial charge on any atom is -0.256 e. The van der Waals surface area contributed by atoms with Crippen molar-refractivity contribution in [3.63, 3.8) is 0 Å². The van der Waals surface area contributed by atoms with Crippen LogP contribution < -0.4 is 0 Å². The van der Waals surface area contributed by atoms with Gasteiger partial charge in [-0.2, -0.15) is 0 Å². The molecule has 1 heteroatoms. The van der Waals surface area contributed by atoms with Crippen LogP contribution in [-0.2, 0) is 6.42 Å². The molecule has 3 aromatic rings. The van der Waals surface area contributed by atoms with Crippen LogP contribution in [0.4, 0.5) is 0 Å². The number of nitrogens with zero attached hydrogens (tertiary/aromatic N) is 1. The molecule has 2 aromatic carbocycles. The lowest BCUT2D eigenvalue weighted by Gasteiger charge is -2.07. The van der Waals surface area contributed by atoms with Gasteiger partial charge in [-0.1, -0.05) is 73.3 Å². The topological polar surface area (TPSA) is 12.9 Å². The van der Waals surface area contributed by atoms with Gasteiger partial charge in [-0.3, -0.25) is 4.98 Å². The Kier molecular flexibility index (Phi) is 3.92. The van der Waals surface area contributed by atoms with E-state index in [9.17, 15) is 0 Å². The number of benzene rings is 2. The van der Waals surface area contributed by atoms with Crippen molar-refractivity contribution in [3.05, 3.63) is 91.2 Å². The van der Waals surface area contributed by atoms with Gasteiger partial charge >= 0.3 is 0 Å². The highest BCUT2D eigenvalue weighted by atomic mass is 14.7. The molecular weight excluding hydrogens is 254 g/mol. The lowest BCUT2D eigenvalue weighted by Crippen LogP contribution is -1.88. The first-order valence-electron chi connectivity index (χ1n) is 7.09. The second kappa shape index (κ2) is 6.19. The SMILES string of the molecule is C=C/C=C\Cc1ccc2c(-c3ccccc3)nccc2c1. The first kappa shape index (κ1) is 13.3. The Labute approximate surface area is 125 Å². The summed E-state index contributed by atoms with van der Waals surface area (Å²) >= 11 is 0. The summed E-state index contributed by atoms with van der Waals surface area (Å²) in [5.74, 6) is 0. The van der Waals surface area contributed by atoms with Gasteiger partial charge in [-0.25, -0.2) is 0 Å². The van der Waals surface area contributed by atoms with Gasteiger partial charge in [0.15, 0.2) is 0 Å². The number of hydrogen-bond donors (Lipinski definition) is 0. The van der Waals surface area contributed by atoms with Gasteiger partial charge in [0.1, 0.15) is 0 Å². The molecule has 0 bridgehead atoms. The van der Waals surface area contributed by atoms with Gasteiger partial charge in [0.2, 0.25) is 0 Å². The van der Waals surface area contributed by atoms with E-state index >= 15 is 0 Å². The van der Waals surface area contributed by atoms with E-state index in [4.69, 9.17) is 0 Å². The molecule has 0 fully saturated rings. The Morgan fingerprint density at radius 1 is 1.00 bits per heavy atom. The zero-order valence-electron chi connectivity index (χ0n) is 11.9. The molecule has 102 valence electrons. The van der Waals surface area contributed by atoms with E-state index in [-0.39, 0.29) is 0 Å². The van der Waals surface area contributed by atoms with E-state index in [1.807, 2.05) is 30.5 Å². The zero-order chi connectivity index (χ0) is 14.5. The molecule has 0 atom stereocenters. The van der Waals surface area contributed by atoms with Crippen molar-refractivity contribution < 1.29 is 0 Å². The highest BCUT2D eigenvalue weighted by Crippen LogP contribution is 2.27. The second-order valence-corrected chi connectivity index (χ2v) is 4.95. The molecule has 0 amide bonds. The van der Waals surface area contributed by atoms with Crippen LogP contribution in [0.2, 0.25) is 0 Å². The number of allylic oxidation sites excluding steroid dienone is 3. The van der Waals surface area contributed by atoms with Crippen molar-refractivity contribution in [2.24, 2.45) is 0 Å². The largest absolute Gasteiger partial charge is 0.256 e. The lowest BCUT2D eigenvalue weighted by molar-refractivity contribution is 1.28. The molecule has 0 N–H and O–H groups in total. The first-order valence-corrected chi connectivity index (χ1v) is 7.09. The molecule has 21 heavy (non-hydrogen) atoms. The maximum atomic E-state index is 4.55. The maximum absolute atomic E-state index is 4.55. The molecule has 0 saturated heterocycles. The summed E-state index contributed by atoms with van der Waals surface area (Å²) < 4.78 is 0. The molecule has 1 aromatic heterocycles. The van der Waals surface area contributed by atoms with Crippen LogP contribution >= 0.6 is 0 Å². The fourth-order valence-electron chi connectivity index (χ4n) is 2.48. The number of pyridine rings is 1. The molecule has 0 aliphatic rings. The van der Waals surface area contributed by atoms with Crippen molar-refractivity contribution in [2.45, 2.75) is 6.42 Å². The van der Waals surface area contributed by atoms with Crippen LogP contribution in [0.5, 0.6) is 0 Å². The third-order valence-electron chi connectivity index (χ3n) is 3.50. The molecule has 1 heterocycles. The number of hydrogen-bond acceptors (Lipinski definition) is 1. The normalized spacial score (nSPS) is 11.0. The maximum Gasteiger partial charge on any atom is 0.0780 e. The summed E-state index contributed by atoms with van der Waals surface area (Å²) in [4.78, 5) is 4.55. The van der Waals surface area contributed by atoms with Crippen molar-refractivity contribution in [3.8, 4) is 11.3 Å². The second-order valence-electron chi connectivity index (χ2n) is 4.95. The van der Waals surface area contributed by atoms with Gasteiger partial charge in [0.25, 0.3) is 0 Å². The Balaban J connectivity index is 2.05. The zero-order valence-corrected chi connectivity index (χ0v) is 11.9. The fraction of sp³-hybridized carbons (Fsp3) is 0.0500. The summed E-state index contributed by atoms with van der Waals surface area (Å²) in [6, 6.07) is 19.0. The summed E-state index contributed by atoms with van der Waals surface area (Å²) in [5.41, 5.74) is 3.49. The number of rotatable bonds is 4. The van der Waals surface area contributed by atoms with Gasteiger partial charge in [-0.05, 0) is 23.4 Å². The molecule has 0 radical (unpaired) electrons. The van der Waals surface area contributed by atoms with E-state index in [1.54, 1.807) is 6.08 Å². The first-order chi connectivity index (χ1) is 10.4. The predicted octanol–water partition coefficient (Wildman–Crippen LogP) is 5.19. The minimum absolute atomic E-state index is 0.922. The Hall–Kier alpha value is -2.67. The fourth-order valence-corrected chi connectivity index (χ4v) is 2.48. The Bertz CT molecular complexity index is 785. The van der Waals surface area contributed by atoms with Gasteiger partial charge < -0.3 is 0 Å². The summed E-state index contributed by atoms with van der Waals surface area (Å²) in [6.45, 7) is 3.69. The molecule has 3 rings (SSSR count). The summed E-state index contributed by atoms with van der Waals surface area (Å²) in [7, 11) is 0. The van der Waals surface area contributed by atoms with Crippen LogP contribution in [0.25, 0.3) is 22.0 Å². The van der Waals surface area contributed by atoms with Gasteiger partial charge in [0, 0.05) is 17.1 Å². The van der Waals surface area contributed by atoms with E-state index in [2.05, 4.69) is 54.0 Å². The predicted molar refractivity (Wildman–Crippen MR) is 90.2 cm³/mol. The summed E-state index contributed by atoms with van der Waals surface area (Å²) in [5, 5.41) is 2.42. The van der Waals surface area contributed by atoms with Crippen LogP contribution in [0.3, 0.4) is 0 Å². The van der Waals surface area contributed by atoms with Crippen LogP contribution in [0, 0.1) is 0 Å². The molecule has 1 nitrogen and oxygen atoms in total. The van der Waals surface area contributed by atoms with E-state index in [1.165, 1.54) is 16.3 Å².